The van der Waals surface area contributed by atoms with Gasteiger partial charge in [-0.3, -0.25) is 19.2 Å². The summed E-state index contributed by atoms with van der Waals surface area (Å²) < 4.78 is 0. The number of carbonyl (C=O) groups is 5. The number of primary amides is 1. The van der Waals surface area contributed by atoms with E-state index in [0.717, 1.165) is 5.56 Å². The van der Waals surface area contributed by atoms with Crippen LogP contribution in [-0.2, 0) is 30.4 Å². The number of carboxylic acid groups (broad SMARTS) is 1. The first-order valence-corrected chi connectivity index (χ1v) is 13.5. The zero-order valence-corrected chi connectivity index (χ0v) is 22.4. The second kappa shape index (κ2) is 16.6. The number of rotatable bonds is 17. The first kappa shape index (κ1) is 31.9. The lowest BCUT2D eigenvalue weighted by molar-refractivity contribution is -0.142. The molecule has 12 heteroatoms. The Labute approximate surface area is 221 Å². The maximum absolute atomic E-state index is 13.2. The quantitative estimate of drug-likeness (QED) is 0.162. The van der Waals surface area contributed by atoms with E-state index in [1.54, 1.807) is 30.3 Å². The van der Waals surface area contributed by atoms with Gasteiger partial charge >= 0.3 is 5.97 Å². The summed E-state index contributed by atoms with van der Waals surface area (Å²) in [5.74, 6) is -3.13. The Balaban J connectivity index is 3.12. The summed E-state index contributed by atoms with van der Waals surface area (Å²) in [4.78, 5) is 61.9. The molecule has 0 aromatic heterocycles. The minimum absolute atomic E-state index is 0.0800. The molecule has 0 radical (unpaired) electrons. The van der Waals surface area contributed by atoms with Crippen molar-refractivity contribution in [2.45, 2.75) is 70.1 Å². The standard InChI is InChI=1S/C25H39N5O6S/c1-15(2)13-17(26)22(32)28-18(9-10-21(27)31)23(33)30-20(14-16-7-5-4-6-8-16)24(34)29-19(25(35)36)11-12-37-3/h4-8,15,17-20H,9-14,26H2,1-3H3,(H2,27,31)(H,28,32)(H,29,34)(H,30,33)(H,35,36). The number of amides is 4. The molecule has 37 heavy (non-hydrogen) atoms. The molecular formula is C25H39N5O6S. The van der Waals surface area contributed by atoms with Crippen molar-refractivity contribution in [1.82, 2.24) is 16.0 Å². The van der Waals surface area contributed by atoms with E-state index in [2.05, 4.69) is 16.0 Å². The van der Waals surface area contributed by atoms with E-state index in [0.29, 0.717) is 12.2 Å². The van der Waals surface area contributed by atoms with Crippen molar-refractivity contribution >= 4 is 41.4 Å². The number of nitrogens with one attached hydrogen (secondary N) is 3. The largest absolute Gasteiger partial charge is 0.480 e. The van der Waals surface area contributed by atoms with Gasteiger partial charge in [-0.1, -0.05) is 44.2 Å². The number of nitrogens with two attached hydrogens (primary N) is 2. The summed E-state index contributed by atoms with van der Waals surface area (Å²) in [5, 5.41) is 17.2. The fraction of sp³-hybridized carbons (Fsp3) is 0.560. The van der Waals surface area contributed by atoms with Crippen LogP contribution >= 0.6 is 11.8 Å². The summed E-state index contributed by atoms with van der Waals surface area (Å²) in [6.07, 6.45) is 2.24. The summed E-state index contributed by atoms with van der Waals surface area (Å²) in [6, 6.07) is 4.59. The number of carbonyl (C=O) groups excluding carboxylic acids is 4. The molecule has 0 bridgehead atoms. The molecule has 0 aliphatic rings. The van der Waals surface area contributed by atoms with Gasteiger partial charge in [-0.15, -0.1) is 0 Å². The predicted molar refractivity (Wildman–Crippen MR) is 142 cm³/mol. The van der Waals surface area contributed by atoms with Gasteiger partial charge in [-0.2, -0.15) is 11.8 Å². The monoisotopic (exact) mass is 537 g/mol. The van der Waals surface area contributed by atoms with E-state index >= 15 is 0 Å². The molecule has 0 spiro atoms. The molecule has 0 fully saturated rings. The Bertz CT molecular complexity index is 914. The molecule has 4 amide bonds. The van der Waals surface area contributed by atoms with Gasteiger partial charge < -0.3 is 32.5 Å². The van der Waals surface area contributed by atoms with Crippen molar-refractivity contribution in [2.24, 2.45) is 17.4 Å². The minimum atomic E-state index is -1.18. The molecule has 1 aromatic rings. The Hall–Kier alpha value is -3.12. The van der Waals surface area contributed by atoms with E-state index in [-0.39, 0.29) is 31.6 Å². The van der Waals surface area contributed by atoms with Crippen LogP contribution in [0.1, 0.15) is 45.1 Å². The van der Waals surface area contributed by atoms with Gasteiger partial charge in [0.05, 0.1) is 6.04 Å². The number of thioether (sulfide) groups is 1. The number of benzene rings is 1. The van der Waals surface area contributed by atoms with E-state index < -0.39 is 53.8 Å². The lowest BCUT2D eigenvalue weighted by Crippen LogP contribution is -2.57. The van der Waals surface area contributed by atoms with Crippen LogP contribution in [0, 0.1) is 5.92 Å². The molecule has 8 N–H and O–H groups in total. The van der Waals surface area contributed by atoms with Crippen molar-refractivity contribution in [2.75, 3.05) is 12.0 Å². The van der Waals surface area contributed by atoms with Crippen LogP contribution in [0.3, 0.4) is 0 Å². The van der Waals surface area contributed by atoms with Gasteiger partial charge in [0.1, 0.15) is 18.1 Å². The molecule has 0 saturated carbocycles. The molecule has 1 aromatic carbocycles. The summed E-state index contributed by atoms with van der Waals surface area (Å²) in [6.45, 7) is 3.81. The normalized spacial score (nSPS) is 14.2. The molecule has 11 nitrogen and oxygen atoms in total. The van der Waals surface area contributed by atoms with Gasteiger partial charge in [0.15, 0.2) is 0 Å². The molecule has 4 unspecified atom stereocenters. The van der Waals surface area contributed by atoms with E-state index in [1.807, 2.05) is 20.1 Å². The second-order valence-corrected chi connectivity index (χ2v) is 10.2. The van der Waals surface area contributed by atoms with E-state index in [9.17, 15) is 29.1 Å². The Morgan fingerprint density at radius 3 is 2.00 bits per heavy atom. The summed E-state index contributed by atoms with van der Waals surface area (Å²) >= 11 is 1.45. The van der Waals surface area contributed by atoms with Gasteiger partial charge in [0.25, 0.3) is 0 Å². The van der Waals surface area contributed by atoms with Crippen molar-refractivity contribution in [3.05, 3.63) is 35.9 Å². The summed E-state index contributed by atoms with van der Waals surface area (Å²) in [7, 11) is 0. The van der Waals surface area contributed by atoms with Crippen molar-refractivity contribution < 1.29 is 29.1 Å². The number of aliphatic carboxylic acids is 1. The maximum Gasteiger partial charge on any atom is 0.326 e. The topological polar surface area (TPSA) is 194 Å². The van der Waals surface area contributed by atoms with Crippen LogP contribution in [0.5, 0.6) is 0 Å². The molecule has 0 aliphatic heterocycles. The highest BCUT2D eigenvalue weighted by molar-refractivity contribution is 7.98. The van der Waals surface area contributed by atoms with Crippen molar-refractivity contribution in [3.63, 3.8) is 0 Å². The zero-order chi connectivity index (χ0) is 28.0. The van der Waals surface area contributed by atoms with Crippen molar-refractivity contribution in [3.8, 4) is 0 Å². The highest BCUT2D eigenvalue weighted by Crippen LogP contribution is 2.09. The predicted octanol–water partition coefficient (Wildman–Crippen LogP) is 0.160. The third kappa shape index (κ3) is 12.6. The fourth-order valence-corrected chi connectivity index (χ4v) is 4.02. The highest BCUT2D eigenvalue weighted by Gasteiger charge is 2.30. The molecule has 206 valence electrons. The van der Waals surface area contributed by atoms with Gasteiger partial charge in [-0.05, 0) is 42.8 Å². The molecule has 4 atom stereocenters. The number of carboxylic acids is 1. The van der Waals surface area contributed by atoms with Crippen LogP contribution in [0.25, 0.3) is 0 Å². The van der Waals surface area contributed by atoms with Crippen LogP contribution in [-0.4, -0.2) is 70.9 Å². The Kier molecular flexibility index (Phi) is 14.3. The average Bonchev–Trinajstić information content (AvgIpc) is 2.83. The first-order chi connectivity index (χ1) is 17.4. The summed E-state index contributed by atoms with van der Waals surface area (Å²) in [5.41, 5.74) is 11.9. The zero-order valence-electron chi connectivity index (χ0n) is 21.6. The minimum Gasteiger partial charge on any atom is -0.480 e. The first-order valence-electron chi connectivity index (χ1n) is 12.1. The molecule has 0 saturated heterocycles. The lowest BCUT2D eigenvalue weighted by atomic mass is 10.0. The van der Waals surface area contributed by atoms with Gasteiger partial charge in [-0.25, -0.2) is 4.79 Å². The SMILES string of the molecule is CSCCC(NC(=O)C(Cc1ccccc1)NC(=O)C(CCC(N)=O)NC(=O)C(N)CC(C)C)C(=O)O. The molecule has 0 aliphatic carbocycles. The second-order valence-electron chi connectivity index (χ2n) is 9.23. The van der Waals surface area contributed by atoms with Gasteiger partial charge in [0.2, 0.25) is 23.6 Å². The lowest BCUT2D eigenvalue weighted by Gasteiger charge is -2.25. The number of hydrogen-bond donors (Lipinski definition) is 6. The molecule has 1 rings (SSSR count). The third-order valence-electron chi connectivity index (χ3n) is 5.52. The number of hydrogen-bond acceptors (Lipinski definition) is 7. The third-order valence-corrected chi connectivity index (χ3v) is 6.16. The van der Waals surface area contributed by atoms with E-state index in [1.165, 1.54) is 11.8 Å². The maximum atomic E-state index is 13.2. The van der Waals surface area contributed by atoms with E-state index in [4.69, 9.17) is 11.5 Å². The van der Waals surface area contributed by atoms with Crippen molar-refractivity contribution in [1.29, 1.82) is 0 Å². The Morgan fingerprint density at radius 1 is 0.892 bits per heavy atom. The highest BCUT2D eigenvalue weighted by atomic mass is 32.2. The van der Waals surface area contributed by atoms with Crippen LogP contribution < -0.4 is 27.4 Å². The van der Waals surface area contributed by atoms with Gasteiger partial charge in [0, 0.05) is 12.8 Å². The smallest absolute Gasteiger partial charge is 0.326 e. The van der Waals surface area contributed by atoms with Crippen LogP contribution in [0.4, 0.5) is 0 Å². The molecular weight excluding hydrogens is 498 g/mol. The Morgan fingerprint density at radius 2 is 1.46 bits per heavy atom. The average molecular weight is 538 g/mol. The fourth-order valence-electron chi connectivity index (χ4n) is 3.55. The van der Waals surface area contributed by atoms with Crippen LogP contribution in [0.2, 0.25) is 0 Å². The molecule has 0 heterocycles. The van der Waals surface area contributed by atoms with Crippen LogP contribution in [0.15, 0.2) is 30.3 Å².